The summed E-state index contributed by atoms with van der Waals surface area (Å²) in [6.45, 7) is 34.9. The second-order valence-electron chi connectivity index (χ2n) is 17.9. The monoisotopic (exact) mass is 628 g/mol. The van der Waals surface area contributed by atoms with Crippen molar-refractivity contribution in [1.82, 2.24) is 0 Å². The average molecular weight is 629 g/mol. The van der Waals surface area contributed by atoms with E-state index in [0.717, 1.165) is 31.6 Å². The molecular weight excluding hydrogens is 561 g/mol. The Kier molecular flexibility index (Phi) is 11.6. The van der Waals surface area contributed by atoms with Crippen molar-refractivity contribution in [2.24, 2.45) is 23.2 Å². The van der Waals surface area contributed by atoms with Gasteiger partial charge >= 0.3 is 0 Å². The van der Waals surface area contributed by atoms with Crippen molar-refractivity contribution in [3.63, 3.8) is 0 Å². The number of carbonyl (C=O) groups excluding carboxylic acids is 1. The number of carbonyl (C=O) groups is 1. The van der Waals surface area contributed by atoms with E-state index in [1.807, 2.05) is 0 Å². The second-order valence-corrected chi connectivity index (χ2v) is 27.4. The third-order valence-corrected chi connectivity index (χ3v) is 21.7. The Morgan fingerprint density at radius 2 is 1.63 bits per heavy atom. The summed E-state index contributed by atoms with van der Waals surface area (Å²) in [7, 11) is -3.89. The Labute approximate surface area is 269 Å². The van der Waals surface area contributed by atoms with Gasteiger partial charge in [-0.3, -0.25) is 0 Å². The van der Waals surface area contributed by atoms with Crippen LogP contribution in [0.1, 0.15) is 127 Å². The van der Waals surface area contributed by atoms with Crippen LogP contribution < -0.4 is 0 Å². The zero-order valence-electron chi connectivity index (χ0n) is 30.5. The number of allylic oxidation sites excluding steroid dienone is 3. The van der Waals surface area contributed by atoms with E-state index in [0.29, 0.717) is 23.0 Å². The predicted octanol–water partition coefficient (Wildman–Crippen LogP) is 11.6. The summed E-state index contributed by atoms with van der Waals surface area (Å²) in [5.41, 5.74) is 4.55. The summed E-state index contributed by atoms with van der Waals surface area (Å²) in [6.07, 6.45) is 16.4. The predicted molar refractivity (Wildman–Crippen MR) is 191 cm³/mol. The van der Waals surface area contributed by atoms with Crippen LogP contribution in [0.3, 0.4) is 0 Å². The summed E-state index contributed by atoms with van der Waals surface area (Å²) < 4.78 is 14.1. The van der Waals surface area contributed by atoms with Crippen molar-refractivity contribution in [2.75, 3.05) is 0 Å². The molecular formula is C38H68O3Si2. The third-order valence-electron chi connectivity index (χ3n) is 12.6. The van der Waals surface area contributed by atoms with Crippen molar-refractivity contribution < 1.29 is 13.6 Å². The highest BCUT2D eigenvalue weighted by Crippen LogP contribution is 2.60. The topological polar surface area (TPSA) is 35.5 Å². The fourth-order valence-electron chi connectivity index (χ4n) is 7.85. The van der Waals surface area contributed by atoms with E-state index in [9.17, 15) is 4.79 Å². The third kappa shape index (κ3) is 8.54. The Bertz CT molecular complexity index is 1070. The van der Waals surface area contributed by atoms with E-state index >= 15 is 0 Å². The molecule has 0 heterocycles. The van der Waals surface area contributed by atoms with Crippen LogP contribution in [0.25, 0.3) is 0 Å². The number of hydrogen-bond donors (Lipinski definition) is 0. The zero-order chi connectivity index (χ0) is 32.6. The summed E-state index contributed by atoms with van der Waals surface area (Å²) >= 11 is 0. The van der Waals surface area contributed by atoms with Gasteiger partial charge < -0.3 is 13.6 Å². The molecule has 6 atom stereocenters. The molecule has 0 N–H and O–H groups in total. The molecule has 3 aliphatic rings. The molecule has 0 amide bonds. The van der Waals surface area contributed by atoms with Gasteiger partial charge in [-0.1, -0.05) is 86.1 Å². The number of fused-ring (bicyclic) bond motifs is 1. The molecule has 0 aromatic carbocycles. The van der Waals surface area contributed by atoms with Crippen LogP contribution in [-0.2, 0) is 13.6 Å². The summed E-state index contributed by atoms with van der Waals surface area (Å²) in [6, 6.07) is 0. The first-order valence-corrected chi connectivity index (χ1v) is 23.3. The van der Waals surface area contributed by atoms with E-state index in [2.05, 4.69) is 100 Å². The molecule has 3 saturated carbocycles. The molecule has 0 unspecified atom stereocenters. The summed E-state index contributed by atoms with van der Waals surface area (Å²) in [4.78, 5) is 11.5. The van der Waals surface area contributed by atoms with Crippen LogP contribution in [0.5, 0.6) is 0 Å². The van der Waals surface area contributed by atoms with Gasteiger partial charge in [-0.2, -0.15) is 0 Å². The van der Waals surface area contributed by atoms with Crippen LogP contribution in [0.2, 0.25) is 36.3 Å². The quantitative estimate of drug-likeness (QED) is 0.226. The molecule has 3 nitrogen and oxygen atoms in total. The highest BCUT2D eigenvalue weighted by atomic mass is 28.4. The number of Topliss-reactive ketones (excluding diaryl/α,β-unsaturated/α-hetero) is 1. The van der Waals surface area contributed by atoms with E-state index in [-0.39, 0.29) is 22.3 Å². The Morgan fingerprint density at radius 1 is 1.02 bits per heavy atom. The van der Waals surface area contributed by atoms with Gasteiger partial charge in [0, 0.05) is 12.8 Å². The first-order chi connectivity index (χ1) is 19.6. The number of hydrogen-bond acceptors (Lipinski definition) is 3. The smallest absolute Gasteiger partial charge is 0.192 e. The summed E-state index contributed by atoms with van der Waals surface area (Å²) in [5.74, 6) is 2.45. The first-order valence-electron chi connectivity index (χ1n) is 17.5. The lowest BCUT2D eigenvalue weighted by Crippen LogP contribution is -2.49. The van der Waals surface area contributed by atoms with Gasteiger partial charge in [0.05, 0.1) is 12.2 Å². The van der Waals surface area contributed by atoms with Gasteiger partial charge in [-0.15, -0.1) is 0 Å². The molecule has 3 aliphatic carbocycles. The molecule has 43 heavy (non-hydrogen) atoms. The molecule has 0 aromatic heterocycles. The lowest BCUT2D eigenvalue weighted by atomic mass is 9.60. The van der Waals surface area contributed by atoms with Crippen molar-refractivity contribution in [3.8, 4) is 0 Å². The van der Waals surface area contributed by atoms with Gasteiger partial charge in [0.2, 0.25) is 0 Å². The molecule has 5 heteroatoms. The standard InChI is InChI=1S/C38H68O3Si2/c1-27(17-15-18-28(2)39)33-22-23-34-30(19-16-24-38(33,34)10)20-21-31-25-32(40-42(11,12)36(4,5)6)26-35(29(31)3)41-43(13,14)37(7,8)9/h20-21,27,32-35H,3,15-19,22-26H2,1-2,4-14H3/b30-20+,31-21+/t27-,32+,33-,34+,35+,38-/m1/s1. The van der Waals surface area contributed by atoms with Crippen LogP contribution in [-0.4, -0.2) is 34.6 Å². The van der Waals surface area contributed by atoms with Crippen molar-refractivity contribution in [1.29, 1.82) is 0 Å². The number of rotatable bonds is 10. The van der Waals surface area contributed by atoms with Gasteiger partial charge in [-0.05, 0) is 122 Å². The van der Waals surface area contributed by atoms with Gasteiger partial charge in [-0.25, -0.2) is 0 Å². The Balaban J connectivity index is 1.88. The van der Waals surface area contributed by atoms with Crippen molar-refractivity contribution in [3.05, 3.63) is 35.5 Å². The van der Waals surface area contributed by atoms with Crippen LogP contribution in [0, 0.1) is 23.2 Å². The molecule has 0 aliphatic heterocycles. The maximum absolute atomic E-state index is 11.5. The van der Waals surface area contributed by atoms with Crippen molar-refractivity contribution >= 4 is 22.4 Å². The molecule has 0 radical (unpaired) electrons. The SMILES string of the molecule is C=C1/C(=C/C=C2\CCC[C@]3(C)[C@@H]([C@H](C)CCCC(C)=O)CC[C@@H]23)C[C@H](O[Si](C)(C)C(C)(C)C)C[C@@H]1O[Si](C)(C)C(C)(C)C. The van der Waals surface area contributed by atoms with Crippen LogP contribution in [0.15, 0.2) is 35.5 Å². The maximum Gasteiger partial charge on any atom is 0.192 e. The molecule has 0 bridgehead atoms. The Hall–Kier alpha value is -0.756. The van der Waals surface area contributed by atoms with Gasteiger partial charge in [0.25, 0.3) is 0 Å². The minimum Gasteiger partial charge on any atom is -0.413 e. The molecule has 0 saturated heterocycles. The molecule has 246 valence electrons. The van der Waals surface area contributed by atoms with Crippen molar-refractivity contribution in [2.45, 2.75) is 175 Å². The van der Waals surface area contributed by atoms with Crippen LogP contribution >= 0.6 is 0 Å². The Morgan fingerprint density at radius 3 is 2.21 bits per heavy atom. The van der Waals surface area contributed by atoms with Gasteiger partial charge in [0.1, 0.15) is 5.78 Å². The zero-order valence-corrected chi connectivity index (χ0v) is 32.5. The highest BCUT2D eigenvalue weighted by Gasteiger charge is 2.50. The van der Waals surface area contributed by atoms with E-state index in [1.54, 1.807) is 12.5 Å². The van der Waals surface area contributed by atoms with E-state index in [1.165, 1.54) is 49.7 Å². The summed E-state index contributed by atoms with van der Waals surface area (Å²) in [5, 5.41) is 0.332. The largest absolute Gasteiger partial charge is 0.413 e. The minimum absolute atomic E-state index is 0.0254. The minimum atomic E-state index is -1.97. The fourth-order valence-corrected chi connectivity index (χ4v) is 10.5. The number of ketones is 1. The average Bonchev–Trinajstić information content (AvgIpc) is 3.20. The normalized spacial score (nSPS) is 31.9. The highest BCUT2D eigenvalue weighted by molar-refractivity contribution is 6.74. The molecule has 0 aromatic rings. The molecule has 3 fully saturated rings. The fraction of sp³-hybridized carbons (Fsp3) is 0.816. The van der Waals surface area contributed by atoms with E-state index < -0.39 is 16.6 Å². The molecule has 3 rings (SSSR count). The second kappa shape index (κ2) is 13.5. The lowest BCUT2D eigenvalue weighted by Gasteiger charge is -2.46. The first kappa shape index (κ1) is 36.7. The molecule has 0 spiro atoms. The maximum atomic E-state index is 11.5. The van der Waals surface area contributed by atoms with Crippen LogP contribution in [0.4, 0.5) is 0 Å². The lowest BCUT2D eigenvalue weighted by molar-refractivity contribution is -0.117. The van der Waals surface area contributed by atoms with E-state index in [4.69, 9.17) is 8.85 Å². The van der Waals surface area contributed by atoms with Gasteiger partial charge in [0.15, 0.2) is 16.6 Å².